The molecule has 0 unspecified atom stereocenters. The van der Waals surface area contributed by atoms with E-state index in [1.165, 1.54) is 24.3 Å². The van der Waals surface area contributed by atoms with Crippen LogP contribution in [0.25, 0.3) is 0 Å². The van der Waals surface area contributed by atoms with Crippen LogP contribution in [0.3, 0.4) is 0 Å². The van der Waals surface area contributed by atoms with Crippen LogP contribution in [0.4, 0.5) is 10.1 Å². The molecule has 3 rings (SSSR count). The van der Waals surface area contributed by atoms with Gasteiger partial charge in [0, 0.05) is 5.69 Å². The lowest BCUT2D eigenvalue weighted by atomic mass is 9.82. The van der Waals surface area contributed by atoms with Gasteiger partial charge in [-0.3, -0.25) is 9.59 Å². The van der Waals surface area contributed by atoms with Crippen LogP contribution in [0, 0.1) is 29.5 Å². The van der Waals surface area contributed by atoms with E-state index in [1.54, 1.807) is 0 Å². The molecule has 0 aliphatic heterocycles. The first-order chi connectivity index (χ1) is 9.56. The molecular weight excluding hydrogens is 261 g/mol. The summed E-state index contributed by atoms with van der Waals surface area (Å²) in [5, 5.41) is 12.0. The van der Waals surface area contributed by atoms with Crippen LogP contribution >= 0.6 is 0 Å². The average Bonchev–Trinajstić information content (AvgIpc) is 3.01. The van der Waals surface area contributed by atoms with Crippen molar-refractivity contribution in [1.29, 1.82) is 0 Å². The number of hydrogen-bond donors (Lipinski definition) is 2. The van der Waals surface area contributed by atoms with E-state index < -0.39 is 17.8 Å². The zero-order chi connectivity index (χ0) is 14.3. The summed E-state index contributed by atoms with van der Waals surface area (Å²) in [4.78, 5) is 23.6. The van der Waals surface area contributed by atoms with Gasteiger partial charge in [-0.25, -0.2) is 4.39 Å². The Morgan fingerprint density at radius 2 is 1.70 bits per heavy atom. The van der Waals surface area contributed by atoms with Gasteiger partial charge in [0.15, 0.2) is 0 Å². The predicted octanol–water partition coefficient (Wildman–Crippen LogP) is 2.29. The molecule has 2 N–H and O–H groups in total. The van der Waals surface area contributed by atoms with Crippen molar-refractivity contribution in [2.75, 3.05) is 5.32 Å². The van der Waals surface area contributed by atoms with E-state index >= 15 is 0 Å². The Morgan fingerprint density at radius 3 is 2.30 bits per heavy atom. The Hall–Kier alpha value is -2.17. The van der Waals surface area contributed by atoms with E-state index in [2.05, 4.69) is 5.32 Å². The van der Waals surface area contributed by atoms with Crippen molar-refractivity contribution in [1.82, 2.24) is 0 Å². The number of fused-ring (bicyclic) bond motifs is 2. The molecule has 2 aliphatic rings. The summed E-state index contributed by atoms with van der Waals surface area (Å²) < 4.78 is 12.8. The number of benzene rings is 1. The molecule has 1 fully saturated rings. The van der Waals surface area contributed by atoms with Crippen LogP contribution in [0.1, 0.15) is 6.42 Å². The predicted molar refractivity (Wildman–Crippen MR) is 70.4 cm³/mol. The van der Waals surface area contributed by atoms with Gasteiger partial charge in [-0.05, 0) is 42.5 Å². The van der Waals surface area contributed by atoms with Crippen LogP contribution in [-0.4, -0.2) is 17.0 Å². The largest absolute Gasteiger partial charge is 0.481 e. The van der Waals surface area contributed by atoms with Gasteiger partial charge < -0.3 is 10.4 Å². The van der Waals surface area contributed by atoms with Gasteiger partial charge in [-0.2, -0.15) is 0 Å². The highest BCUT2D eigenvalue weighted by atomic mass is 19.1. The third kappa shape index (κ3) is 2.09. The van der Waals surface area contributed by atoms with Gasteiger partial charge >= 0.3 is 5.97 Å². The van der Waals surface area contributed by atoms with Gasteiger partial charge in [-0.15, -0.1) is 0 Å². The SMILES string of the molecule is O=C(O)[C@H]1[C@H](C(=O)Nc2ccc(F)cc2)[C@H]2C=C[C@H]1C2. The molecular formula is C15H14FNO3. The second-order valence-electron chi connectivity index (χ2n) is 5.33. The number of amides is 1. The fourth-order valence-electron chi connectivity index (χ4n) is 3.28. The molecule has 0 saturated heterocycles. The Balaban J connectivity index is 1.78. The minimum absolute atomic E-state index is 0.0125. The van der Waals surface area contributed by atoms with Crippen LogP contribution in [0.15, 0.2) is 36.4 Å². The smallest absolute Gasteiger partial charge is 0.307 e. The van der Waals surface area contributed by atoms with Crippen LogP contribution in [-0.2, 0) is 9.59 Å². The minimum atomic E-state index is -0.930. The first-order valence-electron chi connectivity index (χ1n) is 6.54. The second-order valence-corrected chi connectivity index (χ2v) is 5.33. The van der Waals surface area contributed by atoms with E-state index in [4.69, 9.17) is 0 Å². The molecule has 0 heterocycles. The molecule has 2 aliphatic carbocycles. The number of nitrogens with one attached hydrogen (secondary N) is 1. The Morgan fingerprint density at radius 1 is 1.10 bits per heavy atom. The zero-order valence-corrected chi connectivity index (χ0v) is 10.6. The summed E-state index contributed by atoms with van der Waals surface area (Å²) in [6.45, 7) is 0. The van der Waals surface area contributed by atoms with Gasteiger partial charge in [0.25, 0.3) is 0 Å². The summed E-state index contributed by atoms with van der Waals surface area (Å²) in [5.74, 6) is -2.89. The third-order valence-corrected chi connectivity index (χ3v) is 4.16. The maximum atomic E-state index is 12.8. The number of carbonyl (C=O) groups excluding carboxylic acids is 1. The van der Waals surface area contributed by atoms with E-state index in [9.17, 15) is 19.1 Å². The fraction of sp³-hybridized carbons (Fsp3) is 0.333. The number of anilines is 1. The standard InChI is InChI=1S/C15H14FNO3/c16-10-3-5-11(6-4-10)17-14(18)12-8-1-2-9(7-8)13(12)15(19)20/h1-6,8-9,12-13H,7H2,(H,17,18)(H,19,20)/t8-,9-,12+,13+/m0/s1. The average molecular weight is 275 g/mol. The van der Waals surface area contributed by atoms with Crippen LogP contribution in [0.2, 0.25) is 0 Å². The molecule has 4 nitrogen and oxygen atoms in total. The van der Waals surface area contributed by atoms with Gasteiger partial charge in [0.1, 0.15) is 5.82 Å². The lowest BCUT2D eigenvalue weighted by Gasteiger charge is -2.23. The number of carboxylic acids is 1. The monoisotopic (exact) mass is 275 g/mol. The molecule has 2 bridgehead atoms. The molecule has 1 amide bonds. The topological polar surface area (TPSA) is 66.4 Å². The van der Waals surface area contributed by atoms with Crippen molar-refractivity contribution in [3.63, 3.8) is 0 Å². The van der Waals surface area contributed by atoms with E-state index in [0.717, 1.165) is 6.42 Å². The molecule has 0 radical (unpaired) electrons. The highest BCUT2D eigenvalue weighted by molar-refractivity contribution is 5.96. The molecule has 1 aromatic rings. The maximum absolute atomic E-state index is 12.8. The Labute approximate surface area is 115 Å². The summed E-state index contributed by atoms with van der Waals surface area (Å²) >= 11 is 0. The minimum Gasteiger partial charge on any atom is -0.481 e. The van der Waals surface area contributed by atoms with E-state index in [1.807, 2.05) is 12.2 Å². The van der Waals surface area contributed by atoms with Crippen LogP contribution in [0.5, 0.6) is 0 Å². The van der Waals surface area contributed by atoms with Gasteiger partial charge in [0.05, 0.1) is 11.8 Å². The Bertz CT molecular complexity index is 581. The molecule has 104 valence electrons. The number of rotatable bonds is 3. The first-order valence-corrected chi connectivity index (χ1v) is 6.54. The molecule has 1 saturated carbocycles. The Kier molecular flexibility index (Phi) is 3.04. The highest BCUT2D eigenvalue weighted by Gasteiger charge is 2.51. The number of allylic oxidation sites excluding steroid dienone is 2. The molecule has 0 aromatic heterocycles. The fourth-order valence-corrected chi connectivity index (χ4v) is 3.28. The number of hydrogen-bond acceptors (Lipinski definition) is 2. The lowest BCUT2D eigenvalue weighted by molar-refractivity contribution is -0.146. The highest BCUT2D eigenvalue weighted by Crippen LogP contribution is 2.48. The first kappa shape index (κ1) is 12.8. The summed E-state index contributed by atoms with van der Waals surface area (Å²) in [5.41, 5.74) is 0.479. The normalized spacial score (nSPS) is 30.4. The van der Waals surface area contributed by atoms with Gasteiger partial charge in [0.2, 0.25) is 5.91 Å². The molecule has 4 atom stereocenters. The van der Waals surface area contributed by atoms with Crippen molar-refractivity contribution in [2.45, 2.75) is 6.42 Å². The van der Waals surface area contributed by atoms with Crippen molar-refractivity contribution < 1.29 is 19.1 Å². The quantitative estimate of drug-likeness (QED) is 0.832. The summed E-state index contributed by atoms with van der Waals surface area (Å²) in [7, 11) is 0. The number of halogens is 1. The third-order valence-electron chi connectivity index (χ3n) is 4.16. The molecule has 0 spiro atoms. The molecule has 5 heteroatoms. The molecule has 1 aromatic carbocycles. The number of carbonyl (C=O) groups is 2. The number of aliphatic carboxylic acids is 1. The molecule has 20 heavy (non-hydrogen) atoms. The van der Waals surface area contributed by atoms with Crippen molar-refractivity contribution in [3.8, 4) is 0 Å². The van der Waals surface area contributed by atoms with E-state index in [-0.39, 0.29) is 23.6 Å². The zero-order valence-electron chi connectivity index (χ0n) is 10.6. The van der Waals surface area contributed by atoms with Crippen molar-refractivity contribution >= 4 is 17.6 Å². The summed E-state index contributed by atoms with van der Waals surface area (Å²) in [6, 6.07) is 5.44. The summed E-state index contributed by atoms with van der Waals surface area (Å²) in [6.07, 6.45) is 4.54. The second kappa shape index (κ2) is 4.74. The van der Waals surface area contributed by atoms with Gasteiger partial charge in [-0.1, -0.05) is 12.2 Å². The van der Waals surface area contributed by atoms with Crippen LogP contribution < -0.4 is 5.32 Å². The van der Waals surface area contributed by atoms with E-state index in [0.29, 0.717) is 5.69 Å². The maximum Gasteiger partial charge on any atom is 0.307 e. The van der Waals surface area contributed by atoms with Crippen molar-refractivity contribution in [3.05, 3.63) is 42.2 Å². The lowest BCUT2D eigenvalue weighted by Crippen LogP contribution is -2.36. The van der Waals surface area contributed by atoms with Crippen molar-refractivity contribution in [2.24, 2.45) is 23.7 Å². The number of carboxylic acid groups (broad SMARTS) is 1.